The number of benzene rings is 1. The van der Waals surface area contributed by atoms with Crippen molar-refractivity contribution in [2.24, 2.45) is 5.92 Å². The summed E-state index contributed by atoms with van der Waals surface area (Å²) in [6.07, 6.45) is 1.72. The molecule has 0 saturated carbocycles. The zero-order valence-corrected chi connectivity index (χ0v) is 13.7. The number of likely N-dealkylation sites (tertiary alicyclic amines) is 1. The average molecular weight is 320 g/mol. The zero-order valence-electron chi connectivity index (χ0n) is 13.7. The van der Waals surface area contributed by atoms with Crippen LogP contribution in [-0.2, 0) is 14.3 Å². The van der Waals surface area contributed by atoms with E-state index in [-0.39, 0.29) is 24.3 Å². The molecule has 1 aromatic carbocycles. The molecule has 0 aromatic heterocycles. The van der Waals surface area contributed by atoms with Crippen molar-refractivity contribution in [3.05, 3.63) is 24.3 Å². The number of rotatable bonds is 6. The van der Waals surface area contributed by atoms with Crippen molar-refractivity contribution in [2.45, 2.75) is 19.8 Å². The number of methoxy groups -OCH3 is 1. The minimum atomic E-state index is -0.165. The molecule has 2 rings (SSSR count). The van der Waals surface area contributed by atoms with Gasteiger partial charge in [0, 0.05) is 6.54 Å². The molecule has 23 heavy (non-hydrogen) atoms. The van der Waals surface area contributed by atoms with Gasteiger partial charge in [0.25, 0.3) is 0 Å². The minimum Gasteiger partial charge on any atom is -0.495 e. The Morgan fingerprint density at radius 2 is 2.13 bits per heavy atom. The first-order chi connectivity index (χ1) is 11.1. The number of hydrogen-bond donors (Lipinski definition) is 1. The van der Waals surface area contributed by atoms with Crippen LogP contribution in [-0.4, -0.2) is 50.1 Å². The number of nitrogens with one attached hydrogen (secondary N) is 1. The highest BCUT2D eigenvalue weighted by Gasteiger charge is 2.27. The molecule has 1 heterocycles. The van der Waals surface area contributed by atoms with Crippen molar-refractivity contribution < 1.29 is 19.1 Å². The van der Waals surface area contributed by atoms with Gasteiger partial charge in [0.15, 0.2) is 0 Å². The molecular weight excluding hydrogens is 296 g/mol. The predicted molar refractivity (Wildman–Crippen MR) is 87.4 cm³/mol. The summed E-state index contributed by atoms with van der Waals surface area (Å²) in [6, 6.07) is 7.29. The smallest absolute Gasteiger partial charge is 0.310 e. The van der Waals surface area contributed by atoms with Crippen LogP contribution in [0.4, 0.5) is 5.69 Å². The van der Waals surface area contributed by atoms with Crippen molar-refractivity contribution in [1.29, 1.82) is 0 Å². The Morgan fingerprint density at radius 1 is 1.35 bits per heavy atom. The third kappa shape index (κ3) is 4.96. The lowest BCUT2D eigenvalue weighted by molar-refractivity contribution is -0.150. The Labute approximate surface area is 136 Å². The second kappa shape index (κ2) is 8.53. The van der Waals surface area contributed by atoms with Crippen LogP contribution in [0.15, 0.2) is 24.3 Å². The van der Waals surface area contributed by atoms with Crippen molar-refractivity contribution in [2.75, 3.05) is 38.7 Å². The summed E-state index contributed by atoms with van der Waals surface area (Å²) in [5.41, 5.74) is 0.652. The molecule has 1 amide bonds. The van der Waals surface area contributed by atoms with Gasteiger partial charge in [0.1, 0.15) is 5.75 Å². The summed E-state index contributed by atoms with van der Waals surface area (Å²) < 4.78 is 10.3. The van der Waals surface area contributed by atoms with E-state index in [2.05, 4.69) is 5.32 Å². The van der Waals surface area contributed by atoms with Gasteiger partial charge in [-0.15, -0.1) is 0 Å². The fourth-order valence-corrected chi connectivity index (χ4v) is 2.79. The van der Waals surface area contributed by atoms with Gasteiger partial charge in [-0.1, -0.05) is 12.1 Å². The Kier molecular flexibility index (Phi) is 6.40. The second-order valence-electron chi connectivity index (χ2n) is 5.57. The molecule has 1 N–H and O–H groups in total. The largest absolute Gasteiger partial charge is 0.495 e. The van der Waals surface area contributed by atoms with E-state index in [0.717, 1.165) is 19.4 Å². The molecule has 1 aliphatic heterocycles. The third-order valence-electron chi connectivity index (χ3n) is 3.87. The summed E-state index contributed by atoms with van der Waals surface area (Å²) in [6.45, 7) is 3.84. The maximum atomic E-state index is 12.2. The van der Waals surface area contributed by atoms with Gasteiger partial charge in [0.2, 0.25) is 5.91 Å². The lowest BCUT2D eigenvalue weighted by Crippen LogP contribution is -2.43. The number of ether oxygens (including phenoxy) is 2. The molecule has 1 aromatic rings. The van der Waals surface area contributed by atoms with Gasteiger partial charge < -0.3 is 14.8 Å². The summed E-state index contributed by atoms with van der Waals surface area (Å²) in [5, 5.41) is 2.86. The molecule has 0 bridgehead atoms. The molecule has 1 atom stereocenters. The van der Waals surface area contributed by atoms with E-state index < -0.39 is 0 Å². The maximum Gasteiger partial charge on any atom is 0.310 e. The molecule has 1 aliphatic rings. The van der Waals surface area contributed by atoms with Crippen molar-refractivity contribution in [3.8, 4) is 5.75 Å². The number of esters is 1. The molecule has 1 unspecified atom stereocenters. The second-order valence-corrected chi connectivity index (χ2v) is 5.57. The zero-order chi connectivity index (χ0) is 16.7. The Bertz CT molecular complexity index is 547. The first-order valence-corrected chi connectivity index (χ1v) is 7.96. The van der Waals surface area contributed by atoms with E-state index in [9.17, 15) is 9.59 Å². The van der Waals surface area contributed by atoms with Crippen LogP contribution in [0.1, 0.15) is 19.8 Å². The number of anilines is 1. The first-order valence-electron chi connectivity index (χ1n) is 7.96. The van der Waals surface area contributed by atoms with Gasteiger partial charge in [-0.25, -0.2) is 0 Å². The van der Waals surface area contributed by atoms with Crippen LogP contribution >= 0.6 is 0 Å². The molecule has 0 aliphatic carbocycles. The molecule has 0 radical (unpaired) electrons. The normalized spacial score (nSPS) is 18.3. The molecule has 1 saturated heterocycles. The van der Waals surface area contributed by atoms with Crippen LogP contribution in [0.3, 0.4) is 0 Å². The molecule has 0 spiro atoms. The van der Waals surface area contributed by atoms with Crippen molar-refractivity contribution in [3.63, 3.8) is 0 Å². The Morgan fingerprint density at radius 3 is 2.87 bits per heavy atom. The fourth-order valence-electron chi connectivity index (χ4n) is 2.79. The molecule has 126 valence electrons. The quantitative estimate of drug-likeness (QED) is 0.811. The Hall–Kier alpha value is -2.08. The van der Waals surface area contributed by atoms with Crippen molar-refractivity contribution >= 4 is 17.6 Å². The van der Waals surface area contributed by atoms with E-state index >= 15 is 0 Å². The highest BCUT2D eigenvalue weighted by molar-refractivity contribution is 5.93. The average Bonchev–Trinajstić information content (AvgIpc) is 2.55. The standard InChI is InChI=1S/C17H24N2O4/c1-3-23-17(21)13-7-6-10-19(11-13)12-16(20)18-14-8-4-5-9-15(14)22-2/h4-5,8-9,13H,3,6-7,10-12H2,1-2H3,(H,18,20). The minimum absolute atomic E-state index is 0.112. The van der Waals surface area contributed by atoms with Crippen LogP contribution in [0.5, 0.6) is 5.75 Å². The van der Waals surface area contributed by atoms with E-state index in [4.69, 9.17) is 9.47 Å². The molecular formula is C17H24N2O4. The van der Waals surface area contributed by atoms with Gasteiger partial charge >= 0.3 is 5.97 Å². The van der Waals surface area contributed by atoms with Crippen LogP contribution in [0.25, 0.3) is 0 Å². The van der Waals surface area contributed by atoms with Gasteiger partial charge in [-0.3, -0.25) is 14.5 Å². The van der Waals surface area contributed by atoms with Crippen LogP contribution < -0.4 is 10.1 Å². The van der Waals surface area contributed by atoms with E-state index in [1.165, 1.54) is 0 Å². The first kappa shape index (κ1) is 17.3. The van der Waals surface area contributed by atoms with E-state index in [1.807, 2.05) is 17.0 Å². The summed E-state index contributed by atoms with van der Waals surface area (Å²) >= 11 is 0. The summed E-state index contributed by atoms with van der Waals surface area (Å²) in [7, 11) is 1.57. The summed E-state index contributed by atoms with van der Waals surface area (Å²) in [5.74, 6) is 0.216. The van der Waals surface area contributed by atoms with Crippen LogP contribution in [0.2, 0.25) is 0 Å². The monoisotopic (exact) mass is 320 g/mol. The number of hydrogen-bond acceptors (Lipinski definition) is 5. The fraction of sp³-hybridized carbons (Fsp3) is 0.529. The third-order valence-corrected chi connectivity index (χ3v) is 3.87. The summed E-state index contributed by atoms with van der Waals surface area (Å²) in [4.78, 5) is 26.1. The van der Waals surface area contributed by atoms with Gasteiger partial charge in [-0.05, 0) is 38.4 Å². The van der Waals surface area contributed by atoms with Crippen molar-refractivity contribution in [1.82, 2.24) is 4.90 Å². The highest BCUT2D eigenvalue weighted by atomic mass is 16.5. The molecule has 1 fully saturated rings. The molecule has 6 nitrogen and oxygen atoms in total. The number of carbonyl (C=O) groups excluding carboxylic acids is 2. The predicted octanol–water partition coefficient (Wildman–Crippen LogP) is 1.91. The number of carbonyl (C=O) groups is 2. The number of amides is 1. The lowest BCUT2D eigenvalue weighted by Gasteiger charge is -2.30. The van der Waals surface area contributed by atoms with Gasteiger partial charge in [0.05, 0.1) is 31.9 Å². The van der Waals surface area contributed by atoms with E-state index in [1.54, 1.807) is 26.2 Å². The van der Waals surface area contributed by atoms with E-state index in [0.29, 0.717) is 24.6 Å². The van der Waals surface area contributed by atoms with Gasteiger partial charge in [-0.2, -0.15) is 0 Å². The highest BCUT2D eigenvalue weighted by Crippen LogP contribution is 2.23. The Balaban J connectivity index is 1.88. The SMILES string of the molecule is CCOC(=O)C1CCCN(CC(=O)Nc2ccccc2OC)C1. The van der Waals surface area contributed by atoms with Crippen LogP contribution in [0, 0.1) is 5.92 Å². The number of para-hydroxylation sites is 2. The molecule has 6 heteroatoms. The topological polar surface area (TPSA) is 67.9 Å². The number of piperidine rings is 1. The lowest BCUT2D eigenvalue weighted by atomic mass is 9.98. The number of nitrogens with zero attached hydrogens (tertiary/aromatic N) is 1. The maximum absolute atomic E-state index is 12.2.